The fourth-order valence-corrected chi connectivity index (χ4v) is 3.50. The summed E-state index contributed by atoms with van der Waals surface area (Å²) in [5.41, 5.74) is 2.88. The van der Waals surface area contributed by atoms with Crippen molar-refractivity contribution in [2.45, 2.75) is 6.92 Å². The highest BCUT2D eigenvalue weighted by Gasteiger charge is 2.12. The number of halogens is 1. The van der Waals surface area contributed by atoms with Crippen LogP contribution in [0, 0.1) is 12.7 Å². The lowest BCUT2D eigenvalue weighted by Gasteiger charge is -2.10. The molecule has 4 aromatic rings. The molecule has 4 amide bonds. The maximum Gasteiger partial charge on any atom is 0.404 e. The van der Waals surface area contributed by atoms with Gasteiger partial charge >= 0.3 is 12.1 Å². The van der Waals surface area contributed by atoms with Crippen molar-refractivity contribution in [2.75, 3.05) is 23.7 Å². The lowest BCUT2D eigenvalue weighted by atomic mass is 10.2. The zero-order valence-corrected chi connectivity index (χ0v) is 20.7. The molecule has 200 valence electrons. The van der Waals surface area contributed by atoms with Crippen LogP contribution in [0.5, 0.6) is 11.5 Å². The molecule has 0 aliphatic carbocycles. The number of H-pyrrole nitrogens is 1. The number of urea groups is 1. The van der Waals surface area contributed by atoms with E-state index in [-0.39, 0.29) is 24.7 Å². The number of carboxylic acid groups (broad SMARTS) is 1. The summed E-state index contributed by atoms with van der Waals surface area (Å²) in [6, 6.07) is 15.5. The van der Waals surface area contributed by atoms with Gasteiger partial charge in [0.05, 0.1) is 22.6 Å². The molecular weight excluding hydrogens is 507 g/mol. The zero-order chi connectivity index (χ0) is 27.8. The number of hydrogen-bond donors (Lipinski definition) is 6. The SMILES string of the molecule is Cc1ccc(F)c(NC(=O)Nc2ccc(Oc3ccnc(-c4cc(C(=O)NCCNC(=O)O)c[nH]4)c3)cc2)c1. The van der Waals surface area contributed by atoms with Crippen molar-refractivity contribution >= 4 is 29.4 Å². The third kappa shape index (κ3) is 7.55. The average Bonchev–Trinajstić information content (AvgIpc) is 3.41. The van der Waals surface area contributed by atoms with Crippen molar-refractivity contribution < 1.29 is 28.6 Å². The minimum Gasteiger partial charge on any atom is -0.465 e. The number of aryl methyl sites for hydroxylation is 1. The molecule has 0 saturated heterocycles. The van der Waals surface area contributed by atoms with E-state index in [4.69, 9.17) is 9.84 Å². The van der Waals surface area contributed by atoms with Gasteiger partial charge in [-0.2, -0.15) is 0 Å². The summed E-state index contributed by atoms with van der Waals surface area (Å²) in [4.78, 5) is 42.3. The first-order valence-corrected chi connectivity index (χ1v) is 11.8. The molecule has 0 bridgehead atoms. The summed E-state index contributed by atoms with van der Waals surface area (Å²) >= 11 is 0. The number of hydrogen-bond acceptors (Lipinski definition) is 5. The molecule has 2 aromatic heterocycles. The minimum atomic E-state index is -1.16. The second-order valence-corrected chi connectivity index (χ2v) is 8.36. The van der Waals surface area contributed by atoms with Crippen LogP contribution in [0.4, 0.5) is 25.4 Å². The van der Waals surface area contributed by atoms with Crippen LogP contribution in [0.15, 0.2) is 73.1 Å². The number of aromatic nitrogens is 2. The van der Waals surface area contributed by atoms with Crippen molar-refractivity contribution in [3.05, 3.63) is 90.0 Å². The van der Waals surface area contributed by atoms with Crippen LogP contribution in [-0.2, 0) is 0 Å². The molecule has 2 heterocycles. The molecule has 11 nitrogen and oxygen atoms in total. The lowest BCUT2D eigenvalue weighted by Crippen LogP contribution is -2.33. The number of carbonyl (C=O) groups is 3. The normalized spacial score (nSPS) is 10.4. The van der Waals surface area contributed by atoms with Crippen molar-refractivity contribution in [1.29, 1.82) is 0 Å². The van der Waals surface area contributed by atoms with E-state index in [0.717, 1.165) is 5.56 Å². The smallest absolute Gasteiger partial charge is 0.404 e. The molecule has 0 spiro atoms. The van der Waals surface area contributed by atoms with Gasteiger partial charge in [-0.3, -0.25) is 9.78 Å². The molecule has 2 aromatic carbocycles. The predicted octanol–water partition coefficient (Wildman–Crippen LogP) is 4.96. The Morgan fingerprint density at radius 1 is 0.949 bits per heavy atom. The number of amides is 4. The molecule has 0 atom stereocenters. The first kappa shape index (κ1) is 26.7. The van der Waals surface area contributed by atoms with Crippen LogP contribution in [0.2, 0.25) is 0 Å². The Morgan fingerprint density at radius 3 is 2.49 bits per heavy atom. The standard InChI is InChI=1S/C27H25FN6O5/c1-16-2-7-21(28)22(12-16)34-26(36)33-18-3-5-19(6-4-18)39-20-8-9-29-24(14-20)23-13-17(15-32-23)25(35)30-10-11-31-27(37)38/h2-9,12-15,31-32H,10-11H2,1H3,(H,30,35)(H,37,38)(H2,33,34,36). The Labute approximate surface area is 222 Å². The van der Waals surface area contributed by atoms with Gasteiger partial charge in [-0.05, 0) is 61.0 Å². The number of ether oxygens (including phenoxy) is 1. The topological polar surface area (TPSA) is 157 Å². The number of pyridine rings is 1. The van der Waals surface area contributed by atoms with E-state index in [1.165, 1.54) is 12.3 Å². The van der Waals surface area contributed by atoms with Crippen LogP contribution < -0.4 is 26.0 Å². The first-order chi connectivity index (χ1) is 18.8. The number of nitrogens with zero attached hydrogens (tertiary/aromatic N) is 1. The summed E-state index contributed by atoms with van der Waals surface area (Å²) < 4.78 is 19.8. The molecule has 0 aliphatic heterocycles. The van der Waals surface area contributed by atoms with E-state index in [9.17, 15) is 18.8 Å². The van der Waals surface area contributed by atoms with E-state index in [1.807, 2.05) is 0 Å². The molecule has 6 N–H and O–H groups in total. The van der Waals surface area contributed by atoms with Gasteiger partial charge in [0.25, 0.3) is 5.91 Å². The minimum absolute atomic E-state index is 0.0869. The number of rotatable bonds is 9. The van der Waals surface area contributed by atoms with E-state index in [2.05, 4.69) is 31.2 Å². The van der Waals surface area contributed by atoms with Gasteiger partial charge < -0.3 is 36.1 Å². The molecule has 0 saturated carbocycles. The third-order valence-electron chi connectivity index (χ3n) is 5.36. The van der Waals surface area contributed by atoms with Crippen LogP contribution in [0.1, 0.15) is 15.9 Å². The van der Waals surface area contributed by atoms with E-state index >= 15 is 0 Å². The Bertz CT molecular complexity index is 1490. The lowest BCUT2D eigenvalue weighted by molar-refractivity contribution is 0.0953. The molecule has 0 unspecified atom stereocenters. The number of anilines is 2. The van der Waals surface area contributed by atoms with Gasteiger partial charge in [-0.1, -0.05) is 6.07 Å². The van der Waals surface area contributed by atoms with Gasteiger partial charge in [0.1, 0.15) is 17.3 Å². The van der Waals surface area contributed by atoms with Crippen LogP contribution >= 0.6 is 0 Å². The third-order valence-corrected chi connectivity index (χ3v) is 5.36. The summed E-state index contributed by atoms with van der Waals surface area (Å²) in [7, 11) is 0. The number of carbonyl (C=O) groups excluding carboxylic acids is 2. The van der Waals surface area contributed by atoms with Crippen molar-refractivity contribution in [3.63, 3.8) is 0 Å². The van der Waals surface area contributed by atoms with Crippen LogP contribution in [-0.4, -0.2) is 46.2 Å². The van der Waals surface area contributed by atoms with Crippen LogP contribution in [0.3, 0.4) is 0 Å². The summed E-state index contributed by atoms with van der Waals surface area (Å²) in [5.74, 6) is 0.113. The van der Waals surface area contributed by atoms with Gasteiger partial charge in [-0.25, -0.2) is 14.0 Å². The average molecular weight is 533 g/mol. The first-order valence-electron chi connectivity index (χ1n) is 11.8. The maximum atomic E-state index is 13.9. The van der Waals surface area contributed by atoms with E-state index < -0.39 is 17.9 Å². The van der Waals surface area contributed by atoms with E-state index in [1.54, 1.807) is 67.7 Å². The van der Waals surface area contributed by atoms with Crippen LogP contribution in [0.25, 0.3) is 11.4 Å². The Hall–Kier alpha value is -5.39. The zero-order valence-electron chi connectivity index (χ0n) is 20.7. The molecule has 0 radical (unpaired) electrons. The van der Waals surface area contributed by atoms with Gasteiger partial charge in [0.2, 0.25) is 0 Å². The summed E-state index contributed by atoms with van der Waals surface area (Å²) in [5, 5.41) is 18.5. The van der Waals surface area contributed by atoms with Crippen molar-refractivity contribution in [3.8, 4) is 22.9 Å². The monoisotopic (exact) mass is 532 g/mol. The number of aromatic amines is 1. The van der Waals surface area contributed by atoms with Gasteiger partial charge in [0.15, 0.2) is 0 Å². The quantitative estimate of drug-likeness (QED) is 0.167. The summed E-state index contributed by atoms with van der Waals surface area (Å²) in [6.07, 6.45) is 1.93. The largest absolute Gasteiger partial charge is 0.465 e. The van der Waals surface area contributed by atoms with Crippen molar-refractivity contribution in [1.82, 2.24) is 20.6 Å². The fourth-order valence-electron chi connectivity index (χ4n) is 3.50. The van der Waals surface area contributed by atoms with E-state index in [0.29, 0.717) is 34.1 Å². The number of benzene rings is 2. The molecule has 12 heteroatoms. The second-order valence-electron chi connectivity index (χ2n) is 8.36. The molecule has 4 rings (SSSR count). The Kier molecular flexibility index (Phi) is 8.36. The molecule has 39 heavy (non-hydrogen) atoms. The van der Waals surface area contributed by atoms with Gasteiger partial charge in [-0.15, -0.1) is 0 Å². The highest BCUT2D eigenvalue weighted by Crippen LogP contribution is 2.27. The second kappa shape index (κ2) is 12.2. The Morgan fingerprint density at radius 2 is 1.72 bits per heavy atom. The maximum absolute atomic E-state index is 13.9. The molecule has 0 fully saturated rings. The van der Waals surface area contributed by atoms with Crippen molar-refractivity contribution in [2.24, 2.45) is 0 Å². The summed E-state index contributed by atoms with van der Waals surface area (Å²) in [6.45, 7) is 2.04. The molecular formula is C27H25FN6O5. The highest BCUT2D eigenvalue weighted by molar-refractivity contribution is 6.00. The highest BCUT2D eigenvalue weighted by atomic mass is 19.1. The molecule has 0 aliphatic rings. The number of nitrogens with one attached hydrogen (secondary N) is 5. The predicted molar refractivity (Wildman–Crippen MR) is 143 cm³/mol. The van der Waals surface area contributed by atoms with Gasteiger partial charge in [0, 0.05) is 37.2 Å². The fraction of sp³-hybridized carbons (Fsp3) is 0.111. The Balaban J connectivity index is 1.33.